The lowest BCUT2D eigenvalue weighted by molar-refractivity contribution is 0.339. The van der Waals surface area contributed by atoms with Gasteiger partial charge in [0.15, 0.2) is 0 Å². The fourth-order valence-electron chi connectivity index (χ4n) is 1.76. The van der Waals surface area contributed by atoms with Crippen molar-refractivity contribution in [3.05, 3.63) is 48.2 Å². The molecule has 0 unspecified atom stereocenters. The molecule has 0 aliphatic heterocycles. The third kappa shape index (κ3) is 3.63. The molecule has 0 saturated heterocycles. The minimum absolute atomic E-state index is 0.626. The molecule has 0 saturated carbocycles. The van der Waals surface area contributed by atoms with E-state index < -0.39 is 0 Å². The summed E-state index contributed by atoms with van der Waals surface area (Å²) in [6.45, 7) is 2.61. The monoisotopic (exact) mass is 510 g/mol. The van der Waals surface area contributed by atoms with Crippen LogP contribution in [0.5, 0.6) is 5.75 Å². The summed E-state index contributed by atoms with van der Waals surface area (Å²) >= 11 is 14.1. The van der Waals surface area contributed by atoms with Crippen LogP contribution >= 0.6 is 63.7 Å². The molecule has 2 rings (SSSR count). The molecule has 0 spiro atoms. The van der Waals surface area contributed by atoms with Gasteiger partial charge in [-0.2, -0.15) is 0 Å². The maximum Gasteiger partial charge on any atom is 0.141 e. The molecule has 0 aromatic heterocycles. The molecule has 0 N–H and O–H groups in total. The lowest BCUT2D eigenvalue weighted by Crippen LogP contribution is -1.96. The van der Waals surface area contributed by atoms with Gasteiger partial charge in [0.25, 0.3) is 0 Å². The third-order valence-electron chi connectivity index (χ3n) is 2.52. The lowest BCUT2D eigenvalue weighted by atomic mass is 10.0. The van der Waals surface area contributed by atoms with Gasteiger partial charge in [0, 0.05) is 19.0 Å². The fraction of sp³-hybridized carbons (Fsp3) is 0.143. The molecule has 0 aliphatic carbocycles. The first-order valence-electron chi connectivity index (χ1n) is 5.60. The van der Waals surface area contributed by atoms with Crippen molar-refractivity contribution in [3.63, 3.8) is 0 Å². The van der Waals surface area contributed by atoms with Crippen molar-refractivity contribution in [1.29, 1.82) is 0 Å². The summed E-state index contributed by atoms with van der Waals surface area (Å²) in [7, 11) is 0. The summed E-state index contributed by atoms with van der Waals surface area (Å²) < 4.78 is 9.77. The highest BCUT2D eigenvalue weighted by molar-refractivity contribution is 9.11. The molecule has 2 aromatic rings. The van der Waals surface area contributed by atoms with Gasteiger partial charge < -0.3 is 4.74 Å². The quantitative estimate of drug-likeness (QED) is 0.438. The zero-order valence-electron chi connectivity index (χ0n) is 10.0. The van der Waals surface area contributed by atoms with Gasteiger partial charge in [0.1, 0.15) is 5.75 Å². The SMILES string of the molecule is CCOc1c(Br)cc(Br)cc1-c1ccc(Br)cc1Br. The average molecular weight is 514 g/mol. The largest absolute Gasteiger partial charge is 0.492 e. The van der Waals surface area contributed by atoms with E-state index in [0.717, 1.165) is 34.8 Å². The summed E-state index contributed by atoms with van der Waals surface area (Å²) in [6.07, 6.45) is 0. The summed E-state index contributed by atoms with van der Waals surface area (Å²) in [5.41, 5.74) is 2.14. The van der Waals surface area contributed by atoms with Gasteiger partial charge >= 0.3 is 0 Å². The second-order valence-corrected chi connectivity index (χ2v) is 7.36. The highest BCUT2D eigenvalue weighted by Gasteiger charge is 2.14. The van der Waals surface area contributed by atoms with E-state index in [-0.39, 0.29) is 0 Å². The molecule has 0 aliphatic rings. The standard InChI is InChI=1S/C14H10Br4O/c1-2-19-14-11(5-9(16)7-13(14)18)10-4-3-8(15)6-12(10)17/h3-7H,2H2,1H3. The molecule has 0 fully saturated rings. The van der Waals surface area contributed by atoms with E-state index in [4.69, 9.17) is 4.74 Å². The molecule has 0 amide bonds. The number of hydrogen-bond donors (Lipinski definition) is 0. The smallest absolute Gasteiger partial charge is 0.141 e. The van der Waals surface area contributed by atoms with Gasteiger partial charge in [0.05, 0.1) is 11.1 Å². The van der Waals surface area contributed by atoms with Crippen molar-refractivity contribution < 1.29 is 4.74 Å². The van der Waals surface area contributed by atoms with Crippen molar-refractivity contribution in [3.8, 4) is 16.9 Å². The fourth-order valence-corrected chi connectivity index (χ4v) is 4.36. The van der Waals surface area contributed by atoms with Crippen molar-refractivity contribution >= 4 is 63.7 Å². The summed E-state index contributed by atoms with van der Waals surface area (Å²) in [5, 5.41) is 0. The highest BCUT2D eigenvalue weighted by atomic mass is 79.9. The van der Waals surface area contributed by atoms with E-state index in [0.29, 0.717) is 6.61 Å². The van der Waals surface area contributed by atoms with E-state index in [1.165, 1.54) is 0 Å². The topological polar surface area (TPSA) is 9.23 Å². The van der Waals surface area contributed by atoms with Crippen LogP contribution in [-0.2, 0) is 0 Å². The lowest BCUT2D eigenvalue weighted by Gasteiger charge is -2.14. The molecule has 2 aromatic carbocycles. The van der Waals surface area contributed by atoms with Gasteiger partial charge in [-0.1, -0.05) is 53.9 Å². The Morgan fingerprint density at radius 2 is 1.53 bits per heavy atom. The molecule has 5 heteroatoms. The Labute approximate surface area is 146 Å². The van der Waals surface area contributed by atoms with Crippen LogP contribution in [0, 0.1) is 0 Å². The third-order valence-corrected chi connectivity index (χ3v) is 4.71. The van der Waals surface area contributed by atoms with Gasteiger partial charge in [-0.3, -0.25) is 0 Å². The van der Waals surface area contributed by atoms with Gasteiger partial charge in [-0.15, -0.1) is 0 Å². The van der Waals surface area contributed by atoms with Crippen LogP contribution in [0.2, 0.25) is 0 Å². The Morgan fingerprint density at radius 3 is 2.16 bits per heavy atom. The van der Waals surface area contributed by atoms with Gasteiger partial charge in [-0.05, 0) is 52.7 Å². The first-order chi connectivity index (χ1) is 9.02. The Balaban J connectivity index is 2.66. The molecule has 0 atom stereocenters. The second-order valence-electron chi connectivity index (χ2n) is 3.82. The van der Waals surface area contributed by atoms with Crippen LogP contribution in [0.3, 0.4) is 0 Å². The van der Waals surface area contributed by atoms with Crippen LogP contribution in [0.15, 0.2) is 48.2 Å². The predicted octanol–water partition coefficient (Wildman–Crippen LogP) is 6.80. The Morgan fingerprint density at radius 1 is 0.842 bits per heavy atom. The maximum atomic E-state index is 5.76. The van der Waals surface area contributed by atoms with Gasteiger partial charge in [-0.25, -0.2) is 0 Å². The maximum absolute atomic E-state index is 5.76. The van der Waals surface area contributed by atoms with Crippen LogP contribution in [0.4, 0.5) is 0 Å². The van der Waals surface area contributed by atoms with Gasteiger partial charge in [0.2, 0.25) is 0 Å². The van der Waals surface area contributed by atoms with Crippen molar-refractivity contribution in [2.24, 2.45) is 0 Å². The van der Waals surface area contributed by atoms with Crippen molar-refractivity contribution in [2.45, 2.75) is 6.92 Å². The minimum atomic E-state index is 0.626. The predicted molar refractivity (Wildman–Crippen MR) is 93.8 cm³/mol. The number of ether oxygens (including phenoxy) is 1. The number of halogens is 4. The van der Waals surface area contributed by atoms with Crippen LogP contribution in [0.25, 0.3) is 11.1 Å². The molecule has 0 heterocycles. The van der Waals surface area contributed by atoms with Crippen LogP contribution in [-0.4, -0.2) is 6.61 Å². The highest BCUT2D eigenvalue weighted by Crippen LogP contribution is 2.42. The molecule has 100 valence electrons. The Bertz CT molecular complexity index is 611. The minimum Gasteiger partial charge on any atom is -0.492 e. The number of benzene rings is 2. The molecule has 0 radical (unpaired) electrons. The van der Waals surface area contributed by atoms with Crippen molar-refractivity contribution in [1.82, 2.24) is 0 Å². The number of rotatable bonds is 3. The summed E-state index contributed by atoms with van der Waals surface area (Å²) in [6, 6.07) is 10.2. The second kappa shape index (κ2) is 6.74. The van der Waals surface area contributed by atoms with E-state index in [9.17, 15) is 0 Å². The van der Waals surface area contributed by atoms with Crippen molar-refractivity contribution in [2.75, 3.05) is 6.61 Å². The molecule has 19 heavy (non-hydrogen) atoms. The first kappa shape index (κ1) is 15.5. The van der Waals surface area contributed by atoms with E-state index >= 15 is 0 Å². The first-order valence-corrected chi connectivity index (χ1v) is 8.77. The molecule has 0 bridgehead atoms. The van der Waals surface area contributed by atoms with E-state index in [1.54, 1.807) is 0 Å². The van der Waals surface area contributed by atoms with E-state index in [1.807, 2.05) is 25.1 Å². The molecular weight excluding hydrogens is 504 g/mol. The summed E-state index contributed by atoms with van der Waals surface area (Å²) in [4.78, 5) is 0. The number of hydrogen-bond acceptors (Lipinski definition) is 1. The average Bonchev–Trinajstić information content (AvgIpc) is 2.32. The van der Waals surface area contributed by atoms with Crippen LogP contribution < -0.4 is 4.74 Å². The zero-order valence-corrected chi connectivity index (χ0v) is 16.4. The normalized spacial score (nSPS) is 10.6. The Hall–Kier alpha value is 0.160. The molecular formula is C14H10Br4O. The molecule has 1 nitrogen and oxygen atoms in total. The zero-order chi connectivity index (χ0) is 14.0. The Kier molecular flexibility index (Phi) is 5.52. The van der Waals surface area contributed by atoms with E-state index in [2.05, 4.69) is 75.9 Å². The van der Waals surface area contributed by atoms with Crippen LogP contribution in [0.1, 0.15) is 6.92 Å². The summed E-state index contributed by atoms with van der Waals surface area (Å²) in [5.74, 6) is 0.855.